The summed E-state index contributed by atoms with van der Waals surface area (Å²) in [7, 11) is 0. The summed E-state index contributed by atoms with van der Waals surface area (Å²) in [6.07, 6.45) is 3.27. The van der Waals surface area contributed by atoms with Crippen LogP contribution < -0.4 is 11.1 Å². The van der Waals surface area contributed by atoms with Crippen molar-refractivity contribution in [1.82, 2.24) is 24.6 Å². The molecule has 0 bridgehead atoms. The number of carbonyl (C=O) groups is 2. The molecule has 1 aliphatic heterocycles. The molecule has 10 heteroatoms. The molecule has 1 fully saturated rings. The van der Waals surface area contributed by atoms with Crippen LogP contribution in [0.3, 0.4) is 0 Å². The smallest absolute Gasteiger partial charge is 0.277 e. The maximum atomic E-state index is 13.1. The van der Waals surface area contributed by atoms with Crippen LogP contribution >= 0.6 is 0 Å². The van der Waals surface area contributed by atoms with Gasteiger partial charge in [0.2, 0.25) is 5.91 Å². The fraction of sp³-hybridized carbons (Fsp3) is 0.286. The van der Waals surface area contributed by atoms with Gasteiger partial charge in [0, 0.05) is 18.8 Å². The summed E-state index contributed by atoms with van der Waals surface area (Å²) in [6, 6.07) is 3.00. The summed E-state index contributed by atoms with van der Waals surface area (Å²) in [5.41, 5.74) is 8.60. The highest BCUT2D eigenvalue weighted by Crippen LogP contribution is 2.30. The van der Waals surface area contributed by atoms with Crippen LogP contribution in [0, 0.1) is 13.8 Å². The lowest BCUT2D eigenvalue weighted by Gasteiger charge is -2.14. The molecule has 2 amide bonds. The number of fused-ring (bicyclic) bond motifs is 1. The zero-order valence-electron chi connectivity index (χ0n) is 17.3. The van der Waals surface area contributed by atoms with Crippen molar-refractivity contribution in [1.29, 1.82) is 0 Å². The Bertz CT molecular complexity index is 1220. The van der Waals surface area contributed by atoms with Crippen molar-refractivity contribution in [3.8, 4) is 5.75 Å². The number of nitrogens with one attached hydrogen (secondary N) is 1. The van der Waals surface area contributed by atoms with Crippen LogP contribution in [0.1, 0.15) is 34.1 Å². The van der Waals surface area contributed by atoms with Gasteiger partial charge in [0.05, 0.1) is 11.4 Å². The SMILES string of the molecule is C=CC(=O)N1CC[C@@H](n2nc(C(=O)Nc3ccc(O)c(C)c3C)c3c(N)ncnc32)C1. The second kappa shape index (κ2) is 7.71. The van der Waals surface area contributed by atoms with Crippen molar-refractivity contribution in [2.24, 2.45) is 0 Å². The second-order valence-electron chi connectivity index (χ2n) is 7.52. The molecule has 3 heterocycles. The highest BCUT2D eigenvalue weighted by atomic mass is 16.3. The average Bonchev–Trinajstić information content (AvgIpc) is 3.39. The molecule has 0 radical (unpaired) electrons. The number of benzene rings is 1. The van der Waals surface area contributed by atoms with Gasteiger partial charge in [-0.3, -0.25) is 9.59 Å². The molecule has 0 spiro atoms. The Hall–Kier alpha value is -3.95. The largest absolute Gasteiger partial charge is 0.508 e. The first-order valence-corrected chi connectivity index (χ1v) is 9.82. The normalized spacial score (nSPS) is 15.9. The van der Waals surface area contributed by atoms with Crippen molar-refractivity contribution in [3.63, 3.8) is 0 Å². The first kappa shape index (κ1) is 20.3. The number of nitrogens with zero attached hydrogens (tertiary/aromatic N) is 5. The lowest BCUT2D eigenvalue weighted by Crippen LogP contribution is -2.27. The van der Waals surface area contributed by atoms with Crippen LogP contribution in [-0.2, 0) is 4.79 Å². The Morgan fingerprint density at radius 3 is 2.81 bits per heavy atom. The highest BCUT2D eigenvalue weighted by Gasteiger charge is 2.31. The fourth-order valence-electron chi connectivity index (χ4n) is 3.80. The standard InChI is InChI=1S/C21H23N7O3/c1-4-16(30)27-8-7-13(9-27)28-20-17(19(22)23-10-24-20)18(26-28)21(31)25-14-5-6-15(29)12(3)11(14)2/h4-6,10,13,29H,1,7-9H2,2-3H3,(H,25,31)(H2,22,23,24)/t13-/m1/s1. The summed E-state index contributed by atoms with van der Waals surface area (Å²) in [5, 5.41) is 17.6. The molecule has 1 atom stereocenters. The van der Waals surface area contributed by atoms with Gasteiger partial charge in [-0.15, -0.1) is 0 Å². The number of nitrogens with two attached hydrogens (primary N) is 1. The molecule has 0 aliphatic carbocycles. The summed E-state index contributed by atoms with van der Waals surface area (Å²) in [6.45, 7) is 8.10. The number of nitrogen functional groups attached to an aromatic ring is 1. The van der Waals surface area contributed by atoms with Gasteiger partial charge in [0.1, 0.15) is 17.9 Å². The number of carbonyl (C=O) groups excluding carboxylic acids is 2. The molecule has 1 aliphatic rings. The van der Waals surface area contributed by atoms with Gasteiger partial charge >= 0.3 is 0 Å². The predicted octanol–water partition coefficient (Wildman–Crippen LogP) is 1.94. The minimum Gasteiger partial charge on any atom is -0.508 e. The van der Waals surface area contributed by atoms with Gasteiger partial charge < -0.3 is 21.1 Å². The van der Waals surface area contributed by atoms with Crippen LogP contribution in [0.4, 0.5) is 11.5 Å². The number of phenolic OH excluding ortho intramolecular Hbond substituents is 1. The number of anilines is 2. The summed E-state index contributed by atoms with van der Waals surface area (Å²) in [5.74, 6) is -0.306. The molecule has 3 aromatic rings. The number of phenols is 1. The molecule has 4 N–H and O–H groups in total. The maximum Gasteiger partial charge on any atom is 0.277 e. The molecular formula is C21H23N7O3. The summed E-state index contributed by atoms with van der Waals surface area (Å²) < 4.78 is 1.65. The third-order valence-corrected chi connectivity index (χ3v) is 5.74. The van der Waals surface area contributed by atoms with Crippen LogP contribution in [-0.4, -0.2) is 54.7 Å². The minimum absolute atomic E-state index is 0.103. The van der Waals surface area contributed by atoms with Gasteiger partial charge in [0.15, 0.2) is 11.3 Å². The first-order valence-electron chi connectivity index (χ1n) is 9.82. The Morgan fingerprint density at radius 1 is 1.29 bits per heavy atom. The molecule has 0 saturated carbocycles. The van der Waals surface area contributed by atoms with Crippen LogP contribution in [0.5, 0.6) is 5.75 Å². The number of hydrogen-bond acceptors (Lipinski definition) is 7. The second-order valence-corrected chi connectivity index (χ2v) is 7.52. The number of aromatic nitrogens is 4. The number of rotatable bonds is 4. The van der Waals surface area contributed by atoms with Crippen LogP contribution in [0.2, 0.25) is 0 Å². The van der Waals surface area contributed by atoms with E-state index in [2.05, 4.69) is 27.0 Å². The monoisotopic (exact) mass is 421 g/mol. The van der Waals surface area contributed by atoms with Crippen molar-refractivity contribution >= 4 is 34.4 Å². The van der Waals surface area contributed by atoms with Gasteiger partial charge in [-0.25, -0.2) is 14.6 Å². The van der Waals surface area contributed by atoms with Crippen LogP contribution in [0.25, 0.3) is 11.0 Å². The quantitative estimate of drug-likeness (QED) is 0.432. The number of hydrogen-bond donors (Lipinski definition) is 3. The summed E-state index contributed by atoms with van der Waals surface area (Å²) >= 11 is 0. The Morgan fingerprint density at radius 2 is 2.06 bits per heavy atom. The molecule has 1 saturated heterocycles. The van der Waals surface area contributed by atoms with E-state index in [0.717, 1.165) is 5.56 Å². The average molecular weight is 421 g/mol. The molecule has 10 nitrogen and oxygen atoms in total. The lowest BCUT2D eigenvalue weighted by molar-refractivity contribution is -0.125. The van der Waals surface area contributed by atoms with E-state index in [0.29, 0.717) is 41.8 Å². The molecule has 4 rings (SSSR count). The lowest BCUT2D eigenvalue weighted by atomic mass is 10.1. The highest BCUT2D eigenvalue weighted by molar-refractivity contribution is 6.13. The maximum absolute atomic E-state index is 13.1. The summed E-state index contributed by atoms with van der Waals surface area (Å²) in [4.78, 5) is 35.1. The Balaban J connectivity index is 1.72. The van der Waals surface area contributed by atoms with Crippen molar-refractivity contribution in [2.75, 3.05) is 24.1 Å². The van der Waals surface area contributed by atoms with Crippen molar-refractivity contribution in [2.45, 2.75) is 26.3 Å². The van der Waals surface area contributed by atoms with E-state index in [4.69, 9.17) is 5.73 Å². The third kappa shape index (κ3) is 3.45. The molecule has 2 aromatic heterocycles. The van der Waals surface area contributed by atoms with Crippen molar-refractivity contribution in [3.05, 3.63) is 47.9 Å². The van der Waals surface area contributed by atoms with E-state index in [1.807, 2.05) is 6.92 Å². The van der Waals surface area contributed by atoms with E-state index >= 15 is 0 Å². The van der Waals surface area contributed by atoms with Gasteiger partial charge in [-0.2, -0.15) is 5.10 Å². The van der Waals surface area contributed by atoms with Gasteiger partial charge in [-0.1, -0.05) is 6.58 Å². The predicted molar refractivity (Wildman–Crippen MR) is 116 cm³/mol. The molecule has 1 aromatic carbocycles. The van der Waals surface area contributed by atoms with E-state index in [1.54, 1.807) is 22.6 Å². The van der Waals surface area contributed by atoms with E-state index in [1.165, 1.54) is 18.5 Å². The minimum atomic E-state index is -0.463. The Labute approximate surface area is 178 Å². The Kier molecular flexibility index (Phi) is 5.05. The molecule has 31 heavy (non-hydrogen) atoms. The molecule has 160 valence electrons. The number of amides is 2. The van der Waals surface area contributed by atoms with E-state index in [-0.39, 0.29) is 29.2 Å². The van der Waals surface area contributed by atoms with E-state index in [9.17, 15) is 14.7 Å². The van der Waals surface area contributed by atoms with Gasteiger partial charge in [0.25, 0.3) is 5.91 Å². The topological polar surface area (TPSA) is 139 Å². The van der Waals surface area contributed by atoms with Crippen LogP contribution in [0.15, 0.2) is 31.1 Å². The zero-order valence-corrected chi connectivity index (χ0v) is 17.3. The van der Waals surface area contributed by atoms with E-state index < -0.39 is 5.91 Å². The molecular weight excluding hydrogens is 398 g/mol. The zero-order chi connectivity index (χ0) is 22.3. The third-order valence-electron chi connectivity index (χ3n) is 5.74. The number of likely N-dealkylation sites (tertiary alicyclic amines) is 1. The van der Waals surface area contributed by atoms with Crippen molar-refractivity contribution < 1.29 is 14.7 Å². The first-order chi connectivity index (χ1) is 14.8. The van der Waals surface area contributed by atoms with Gasteiger partial charge in [-0.05, 0) is 49.6 Å². The fourth-order valence-corrected chi connectivity index (χ4v) is 3.80. The molecule has 0 unspecified atom stereocenters. The number of aromatic hydroxyl groups is 1.